The molecule has 0 radical (unpaired) electrons. The van der Waals surface area contributed by atoms with Gasteiger partial charge in [0.1, 0.15) is 6.29 Å². The number of hydrogen-bond donors (Lipinski definition) is 0. The summed E-state index contributed by atoms with van der Waals surface area (Å²) in [5.41, 5.74) is 3.52. The molecule has 0 N–H and O–H groups in total. The highest BCUT2D eigenvalue weighted by Gasteiger charge is 2.12. The smallest absolute Gasteiger partial charge is 0.146 e. The lowest BCUT2D eigenvalue weighted by molar-refractivity contribution is -0.105. The van der Waals surface area contributed by atoms with Crippen LogP contribution in [-0.4, -0.2) is 6.29 Å². The SMILES string of the molecule is CCCCC/C(C=O)=C\c1ccc(C(C)(C)C)cc1. The minimum Gasteiger partial charge on any atom is -0.298 e. The van der Waals surface area contributed by atoms with Crippen molar-refractivity contribution >= 4 is 12.4 Å². The summed E-state index contributed by atoms with van der Waals surface area (Å²) in [4.78, 5) is 11.1. The first kappa shape index (κ1) is 15.7. The van der Waals surface area contributed by atoms with Crippen LogP contribution < -0.4 is 0 Å². The van der Waals surface area contributed by atoms with E-state index in [1.165, 1.54) is 18.4 Å². The minimum absolute atomic E-state index is 0.177. The molecule has 0 spiro atoms. The molecule has 0 amide bonds. The molecule has 0 aliphatic rings. The third kappa shape index (κ3) is 5.42. The quantitative estimate of drug-likeness (QED) is 0.392. The average molecular weight is 258 g/mol. The molecule has 0 saturated heterocycles. The second-order valence-electron chi connectivity index (χ2n) is 6.17. The van der Waals surface area contributed by atoms with Gasteiger partial charge in [0.05, 0.1) is 0 Å². The minimum atomic E-state index is 0.177. The molecule has 1 aromatic carbocycles. The maximum absolute atomic E-state index is 11.1. The number of rotatable bonds is 6. The molecule has 0 atom stereocenters. The van der Waals surface area contributed by atoms with Gasteiger partial charge in [0.15, 0.2) is 0 Å². The van der Waals surface area contributed by atoms with E-state index >= 15 is 0 Å². The molecule has 0 aliphatic carbocycles. The number of carbonyl (C=O) groups excluding carboxylic acids is 1. The average Bonchev–Trinajstić information content (AvgIpc) is 2.37. The molecule has 104 valence electrons. The lowest BCUT2D eigenvalue weighted by atomic mass is 9.86. The lowest BCUT2D eigenvalue weighted by Gasteiger charge is -2.18. The zero-order chi connectivity index (χ0) is 14.3. The van der Waals surface area contributed by atoms with Gasteiger partial charge >= 0.3 is 0 Å². The first-order chi connectivity index (χ1) is 8.97. The fraction of sp³-hybridized carbons (Fsp3) is 0.500. The van der Waals surface area contributed by atoms with Gasteiger partial charge in [-0.3, -0.25) is 4.79 Å². The van der Waals surface area contributed by atoms with E-state index in [-0.39, 0.29) is 5.41 Å². The van der Waals surface area contributed by atoms with Gasteiger partial charge in [0.2, 0.25) is 0 Å². The summed E-state index contributed by atoms with van der Waals surface area (Å²) in [7, 11) is 0. The van der Waals surface area contributed by atoms with Crippen molar-refractivity contribution in [1.29, 1.82) is 0 Å². The van der Waals surface area contributed by atoms with Crippen LogP contribution in [0.4, 0.5) is 0 Å². The van der Waals surface area contributed by atoms with Gasteiger partial charge in [-0.05, 0) is 41.0 Å². The van der Waals surface area contributed by atoms with Crippen LogP contribution in [0, 0.1) is 0 Å². The molecule has 1 rings (SSSR count). The molecule has 1 nitrogen and oxygen atoms in total. The molecule has 0 fully saturated rings. The largest absolute Gasteiger partial charge is 0.298 e. The Morgan fingerprint density at radius 2 is 1.74 bits per heavy atom. The fourth-order valence-electron chi connectivity index (χ4n) is 2.04. The Hall–Kier alpha value is -1.37. The van der Waals surface area contributed by atoms with Crippen molar-refractivity contribution in [2.45, 2.75) is 58.8 Å². The van der Waals surface area contributed by atoms with Crippen LogP contribution >= 0.6 is 0 Å². The van der Waals surface area contributed by atoms with Crippen molar-refractivity contribution in [1.82, 2.24) is 0 Å². The second kappa shape index (κ2) is 7.28. The number of allylic oxidation sites excluding steroid dienone is 1. The van der Waals surface area contributed by atoms with E-state index in [2.05, 4.69) is 52.0 Å². The highest BCUT2D eigenvalue weighted by Crippen LogP contribution is 2.23. The molecule has 1 aromatic rings. The van der Waals surface area contributed by atoms with Crippen molar-refractivity contribution in [2.75, 3.05) is 0 Å². The molecule has 0 aromatic heterocycles. The summed E-state index contributed by atoms with van der Waals surface area (Å²) < 4.78 is 0. The summed E-state index contributed by atoms with van der Waals surface area (Å²) in [5, 5.41) is 0. The molecule has 0 unspecified atom stereocenters. The second-order valence-corrected chi connectivity index (χ2v) is 6.17. The number of hydrogen-bond acceptors (Lipinski definition) is 1. The number of aldehydes is 1. The number of carbonyl (C=O) groups is 1. The van der Waals surface area contributed by atoms with Crippen LogP contribution in [0.25, 0.3) is 6.08 Å². The Morgan fingerprint density at radius 3 is 2.21 bits per heavy atom. The third-order valence-corrected chi connectivity index (χ3v) is 3.35. The number of benzene rings is 1. The van der Waals surface area contributed by atoms with Crippen molar-refractivity contribution in [3.63, 3.8) is 0 Å². The van der Waals surface area contributed by atoms with Crippen LogP contribution in [0.5, 0.6) is 0 Å². The molecule has 0 heterocycles. The Bertz CT molecular complexity index is 418. The normalized spacial score (nSPS) is 12.5. The molecule has 0 bridgehead atoms. The molecule has 0 saturated carbocycles. The molecule has 0 aliphatic heterocycles. The zero-order valence-corrected chi connectivity index (χ0v) is 12.7. The maximum Gasteiger partial charge on any atom is 0.146 e. The van der Waals surface area contributed by atoms with Gasteiger partial charge in [-0.1, -0.05) is 64.8 Å². The van der Waals surface area contributed by atoms with Gasteiger partial charge in [-0.25, -0.2) is 0 Å². The Kier molecular flexibility index (Phi) is 6.01. The van der Waals surface area contributed by atoms with Crippen LogP contribution in [0.2, 0.25) is 0 Å². The standard InChI is InChI=1S/C18H26O/c1-5-6-7-8-16(14-19)13-15-9-11-17(12-10-15)18(2,3)4/h9-14H,5-8H2,1-4H3/b16-13+. The van der Waals surface area contributed by atoms with E-state index in [1.807, 2.05) is 6.08 Å². The van der Waals surface area contributed by atoms with E-state index < -0.39 is 0 Å². The van der Waals surface area contributed by atoms with E-state index in [9.17, 15) is 4.79 Å². The van der Waals surface area contributed by atoms with Gasteiger partial charge in [-0.2, -0.15) is 0 Å². The van der Waals surface area contributed by atoms with E-state index in [4.69, 9.17) is 0 Å². The highest BCUT2D eigenvalue weighted by molar-refractivity contribution is 5.81. The molecular formula is C18H26O. The molecule has 1 heteroatoms. The summed E-state index contributed by atoms with van der Waals surface area (Å²) in [6.07, 6.45) is 7.36. The predicted octanol–water partition coefficient (Wildman–Crippen LogP) is 5.15. The van der Waals surface area contributed by atoms with Gasteiger partial charge < -0.3 is 0 Å². The Labute approximate surface area is 117 Å². The van der Waals surface area contributed by atoms with Crippen LogP contribution in [-0.2, 0) is 10.2 Å². The van der Waals surface area contributed by atoms with Gasteiger partial charge in [0.25, 0.3) is 0 Å². The van der Waals surface area contributed by atoms with Crippen molar-refractivity contribution in [3.05, 3.63) is 41.0 Å². The van der Waals surface area contributed by atoms with Gasteiger partial charge in [-0.15, -0.1) is 0 Å². The van der Waals surface area contributed by atoms with Gasteiger partial charge in [0, 0.05) is 0 Å². The number of unbranched alkanes of at least 4 members (excludes halogenated alkanes) is 2. The summed E-state index contributed by atoms with van der Waals surface area (Å²) in [6, 6.07) is 8.51. The maximum atomic E-state index is 11.1. The van der Waals surface area contributed by atoms with Crippen LogP contribution in [0.1, 0.15) is 64.5 Å². The monoisotopic (exact) mass is 258 g/mol. The molecular weight excluding hydrogens is 232 g/mol. The first-order valence-electron chi connectivity index (χ1n) is 7.23. The summed E-state index contributed by atoms with van der Waals surface area (Å²) in [6.45, 7) is 8.80. The van der Waals surface area contributed by atoms with Crippen molar-refractivity contribution in [3.8, 4) is 0 Å². The lowest BCUT2D eigenvalue weighted by Crippen LogP contribution is -2.10. The van der Waals surface area contributed by atoms with Crippen molar-refractivity contribution in [2.24, 2.45) is 0 Å². The summed E-state index contributed by atoms with van der Waals surface area (Å²) >= 11 is 0. The third-order valence-electron chi connectivity index (χ3n) is 3.35. The summed E-state index contributed by atoms with van der Waals surface area (Å²) in [5.74, 6) is 0. The van der Waals surface area contributed by atoms with E-state index in [1.54, 1.807) is 0 Å². The predicted molar refractivity (Wildman–Crippen MR) is 83.3 cm³/mol. The van der Waals surface area contributed by atoms with E-state index in [0.29, 0.717) is 0 Å². The van der Waals surface area contributed by atoms with E-state index in [0.717, 1.165) is 30.3 Å². The highest BCUT2D eigenvalue weighted by atomic mass is 16.1. The topological polar surface area (TPSA) is 17.1 Å². The Morgan fingerprint density at radius 1 is 1.11 bits per heavy atom. The Balaban J connectivity index is 2.76. The zero-order valence-electron chi connectivity index (χ0n) is 12.7. The first-order valence-corrected chi connectivity index (χ1v) is 7.23. The van der Waals surface area contributed by atoms with Crippen molar-refractivity contribution < 1.29 is 4.79 Å². The fourth-order valence-corrected chi connectivity index (χ4v) is 2.04. The molecule has 19 heavy (non-hydrogen) atoms. The van der Waals surface area contributed by atoms with Crippen LogP contribution in [0.15, 0.2) is 29.8 Å². The van der Waals surface area contributed by atoms with Crippen LogP contribution in [0.3, 0.4) is 0 Å².